The third-order valence-corrected chi connectivity index (χ3v) is 5.64. The van der Waals surface area contributed by atoms with Crippen molar-refractivity contribution < 1.29 is 4.92 Å². The minimum Gasteiger partial charge on any atom is -0.364 e. The van der Waals surface area contributed by atoms with Crippen LogP contribution in [0.5, 0.6) is 0 Å². The van der Waals surface area contributed by atoms with Crippen molar-refractivity contribution in [3.05, 3.63) is 92.9 Å². The molecule has 1 N–H and O–H groups in total. The van der Waals surface area contributed by atoms with Crippen molar-refractivity contribution in [2.45, 2.75) is 6.54 Å². The number of nitrogens with zero attached hydrogens (tertiary/aromatic N) is 4. The molecule has 0 saturated carbocycles. The number of nitriles is 1. The lowest BCUT2D eigenvalue weighted by Crippen LogP contribution is -2.23. The van der Waals surface area contributed by atoms with Gasteiger partial charge in [0.1, 0.15) is 11.1 Å². The Bertz CT molecular complexity index is 1130. The van der Waals surface area contributed by atoms with Gasteiger partial charge in [0.2, 0.25) is 0 Å². The maximum Gasteiger partial charge on any atom is 0.310 e. The zero-order valence-corrected chi connectivity index (χ0v) is 16.2. The van der Waals surface area contributed by atoms with Gasteiger partial charge in [-0.25, -0.2) is 4.98 Å². The summed E-state index contributed by atoms with van der Waals surface area (Å²) in [6, 6.07) is 19.4. The van der Waals surface area contributed by atoms with Crippen LogP contribution in [0.4, 0.5) is 0 Å². The summed E-state index contributed by atoms with van der Waals surface area (Å²) >= 11 is 1.35. The van der Waals surface area contributed by atoms with Crippen molar-refractivity contribution in [2.75, 3.05) is 13.1 Å². The van der Waals surface area contributed by atoms with Crippen LogP contribution in [0.15, 0.2) is 72.2 Å². The number of hydrogen-bond donors (Lipinski definition) is 1. The molecule has 1 aliphatic rings. The molecule has 2 aromatic carbocycles. The molecule has 2 heterocycles. The molecular weight excluding hydrogens is 386 g/mol. The zero-order chi connectivity index (χ0) is 20.2. The van der Waals surface area contributed by atoms with Crippen LogP contribution in [0.25, 0.3) is 15.8 Å². The molecule has 0 aliphatic carbocycles. The Morgan fingerprint density at radius 3 is 2.76 bits per heavy atom. The number of allylic oxidation sites excluding steroid dienone is 2. The Balaban J connectivity index is 1.73. The molecule has 0 bridgehead atoms. The van der Waals surface area contributed by atoms with Crippen LogP contribution in [-0.2, 0) is 6.54 Å². The van der Waals surface area contributed by atoms with E-state index in [2.05, 4.69) is 16.4 Å². The molecule has 3 aromatic rings. The Morgan fingerprint density at radius 2 is 2.03 bits per heavy atom. The molecule has 4 rings (SSSR count). The molecule has 0 atom stereocenters. The lowest BCUT2D eigenvalue weighted by Gasteiger charge is -2.18. The number of benzene rings is 2. The highest BCUT2D eigenvalue weighted by atomic mass is 32.1. The zero-order valence-electron chi connectivity index (χ0n) is 15.4. The van der Waals surface area contributed by atoms with Gasteiger partial charge in [-0.3, -0.25) is 10.1 Å². The number of thiazole rings is 1. The van der Waals surface area contributed by atoms with Crippen molar-refractivity contribution in [1.29, 1.82) is 5.26 Å². The van der Waals surface area contributed by atoms with Gasteiger partial charge in [0, 0.05) is 25.7 Å². The number of para-hydroxylation sites is 1. The van der Waals surface area contributed by atoms with Crippen LogP contribution in [-0.4, -0.2) is 27.9 Å². The van der Waals surface area contributed by atoms with Gasteiger partial charge in [-0.1, -0.05) is 42.5 Å². The first-order valence-corrected chi connectivity index (χ1v) is 9.86. The summed E-state index contributed by atoms with van der Waals surface area (Å²) < 4.78 is 0.934. The van der Waals surface area contributed by atoms with Crippen LogP contribution >= 0.6 is 11.3 Å². The van der Waals surface area contributed by atoms with E-state index < -0.39 is 4.92 Å². The first-order chi connectivity index (χ1) is 14.2. The lowest BCUT2D eigenvalue weighted by molar-refractivity contribution is -0.421. The lowest BCUT2D eigenvalue weighted by atomic mass is 10.2. The van der Waals surface area contributed by atoms with E-state index in [1.165, 1.54) is 17.4 Å². The van der Waals surface area contributed by atoms with Crippen LogP contribution in [0.2, 0.25) is 0 Å². The van der Waals surface area contributed by atoms with E-state index in [-0.39, 0.29) is 11.3 Å². The van der Waals surface area contributed by atoms with Crippen molar-refractivity contribution >= 4 is 27.1 Å². The highest BCUT2D eigenvalue weighted by Crippen LogP contribution is 2.28. The summed E-state index contributed by atoms with van der Waals surface area (Å²) in [5.74, 6) is 0.424. The Labute approximate surface area is 171 Å². The average Bonchev–Trinajstić information content (AvgIpc) is 3.36. The SMILES string of the molecule is N#C/C(=C\C(=C1/NCCN1Cc1ccccc1)[N+](=O)[O-])c1nc2ccccc2s1. The second-order valence-corrected chi connectivity index (χ2v) is 7.51. The maximum absolute atomic E-state index is 11.8. The molecule has 0 spiro atoms. The van der Waals surface area contributed by atoms with Crippen LogP contribution in [0.1, 0.15) is 10.6 Å². The molecule has 8 heteroatoms. The molecule has 0 amide bonds. The summed E-state index contributed by atoms with van der Waals surface area (Å²) in [6.45, 7) is 1.81. The van der Waals surface area contributed by atoms with Gasteiger partial charge in [0.15, 0.2) is 5.82 Å². The highest BCUT2D eigenvalue weighted by molar-refractivity contribution is 7.19. The fraction of sp³-hybridized carbons (Fsp3) is 0.143. The second kappa shape index (κ2) is 8.12. The summed E-state index contributed by atoms with van der Waals surface area (Å²) in [5, 5.41) is 25.1. The molecule has 144 valence electrons. The number of hydrogen-bond acceptors (Lipinski definition) is 7. The van der Waals surface area contributed by atoms with Gasteiger partial charge in [-0.15, -0.1) is 11.3 Å². The van der Waals surface area contributed by atoms with Gasteiger partial charge in [0.25, 0.3) is 0 Å². The average molecular weight is 403 g/mol. The maximum atomic E-state index is 11.8. The summed E-state index contributed by atoms with van der Waals surface area (Å²) in [7, 11) is 0. The van der Waals surface area contributed by atoms with Gasteiger partial charge in [-0.2, -0.15) is 5.26 Å². The Morgan fingerprint density at radius 1 is 1.28 bits per heavy atom. The van der Waals surface area contributed by atoms with Gasteiger partial charge >= 0.3 is 5.70 Å². The number of aromatic nitrogens is 1. The third kappa shape index (κ3) is 3.95. The van der Waals surface area contributed by atoms with E-state index in [1.807, 2.05) is 59.5 Å². The number of rotatable bonds is 5. The molecule has 7 nitrogen and oxygen atoms in total. The quantitative estimate of drug-likeness (QED) is 0.396. The fourth-order valence-corrected chi connectivity index (χ4v) is 4.15. The smallest absolute Gasteiger partial charge is 0.310 e. The molecular formula is C21H17N5O2S. The van der Waals surface area contributed by atoms with Gasteiger partial charge in [-0.05, 0) is 17.7 Å². The molecule has 1 aliphatic heterocycles. The number of nitrogens with one attached hydrogen (secondary N) is 1. The fourth-order valence-electron chi connectivity index (χ4n) is 3.22. The van der Waals surface area contributed by atoms with Crippen molar-refractivity contribution in [2.24, 2.45) is 0 Å². The van der Waals surface area contributed by atoms with Crippen LogP contribution < -0.4 is 5.32 Å². The van der Waals surface area contributed by atoms with Crippen molar-refractivity contribution in [3.63, 3.8) is 0 Å². The van der Waals surface area contributed by atoms with Gasteiger partial charge < -0.3 is 10.2 Å². The summed E-state index contributed by atoms with van der Waals surface area (Å²) in [5.41, 5.74) is 1.88. The largest absolute Gasteiger partial charge is 0.364 e. The van der Waals surface area contributed by atoms with E-state index in [4.69, 9.17) is 0 Å². The molecule has 1 saturated heterocycles. The molecule has 1 aromatic heterocycles. The first-order valence-electron chi connectivity index (χ1n) is 9.05. The van der Waals surface area contributed by atoms with Gasteiger partial charge in [0.05, 0.1) is 20.7 Å². The normalized spacial score (nSPS) is 15.8. The van der Waals surface area contributed by atoms with E-state index in [0.29, 0.717) is 30.5 Å². The number of fused-ring (bicyclic) bond motifs is 1. The molecule has 0 unspecified atom stereocenters. The van der Waals surface area contributed by atoms with Crippen molar-refractivity contribution in [3.8, 4) is 6.07 Å². The molecule has 0 radical (unpaired) electrons. The van der Waals surface area contributed by atoms with E-state index in [0.717, 1.165) is 15.8 Å². The predicted octanol–water partition coefficient (Wildman–Crippen LogP) is 3.75. The monoisotopic (exact) mass is 403 g/mol. The Hall–Kier alpha value is -3.70. The standard InChI is InChI=1S/C21H17N5O2S/c22-13-16(21-24-17-8-4-5-9-19(17)29-21)12-18(26(27)28)20-23-10-11-25(20)14-15-6-2-1-3-7-15/h1-9,12,23H,10-11,14H2/b16-12+,20-18-. The van der Waals surface area contributed by atoms with Crippen LogP contribution in [0, 0.1) is 21.4 Å². The topological polar surface area (TPSA) is 95.1 Å². The minimum absolute atomic E-state index is 0.130. The van der Waals surface area contributed by atoms with E-state index in [1.54, 1.807) is 0 Å². The second-order valence-electron chi connectivity index (χ2n) is 6.48. The van der Waals surface area contributed by atoms with Crippen LogP contribution in [0.3, 0.4) is 0 Å². The number of nitro groups is 1. The minimum atomic E-state index is -0.448. The molecule has 29 heavy (non-hydrogen) atoms. The third-order valence-electron chi connectivity index (χ3n) is 4.57. The van der Waals surface area contributed by atoms with Crippen molar-refractivity contribution in [1.82, 2.24) is 15.2 Å². The predicted molar refractivity (Wildman–Crippen MR) is 112 cm³/mol. The van der Waals surface area contributed by atoms with E-state index >= 15 is 0 Å². The highest BCUT2D eigenvalue weighted by Gasteiger charge is 2.27. The summed E-state index contributed by atoms with van der Waals surface area (Å²) in [6.07, 6.45) is 1.32. The molecule has 1 fully saturated rings. The summed E-state index contributed by atoms with van der Waals surface area (Å²) in [4.78, 5) is 17.8. The van der Waals surface area contributed by atoms with E-state index in [9.17, 15) is 15.4 Å². The first kappa shape index (κ1) is 18.7. The Kier molecular flexibility index (Phi) is 5.22.